The van der Waals surface area contributed by atoms with Crippen LogP contribution in [0.25, 0.3) is 6.08 Å². The van der Waals surface area contributed by atoms with Crippen LogP contribution in [-0.2, 0) is 16.0 Å². The van der Waals surface area contributed by atoms with Crippen molar-refractivity contribution >= 4 is 23.6 Å². The third-order valence-electron chi connectivity index (χ3n) is 4.68. The standard InChI is InChI=1S/C21H20N2O4/c1-2-22-21(25)17-12-15-5-3-4-6-16(15)23(17)20(24)10-8-14-7-9-18-19(11-14)27-13-26-18/h3-11,17H,2,12-13H2,1H3,(H,22,25)/b10-8-/t17-/m0/s1. The molecule has 0 radical (unpaired) electrons. The summed E-state index contributed by atoms with van der Waals surface area (Å²) in [7, 11) is 0. The van der Waals surface area contributed by atoms with E-state index in [4.69, 9.17) is 9.47 Å². The third kappa shape index (κ3) is 3.26. The smallest absolute Gasteiger partial charge is 0.251 e. The number of rotatable bonds is 4. The molecule has 0 spiro atoms. The molecule has 6 nitrogen and oxygen atoms in total. The zero-order valence-corrected chi connectivity index (χ0v) is 15.0. The Morgan fingerprint density at radius 3 is 2.85 bits per heavy atom. The first-order valence-electron chi connectivity index (χ1n) is 8.94. The molecule has 0 bridgehead atoms. The van der Waals surface area contributed by atoms with Gasteiger partial charge in [0.1, 0.15) is 6.04 Å². The van der Waals surface area contributed by atoms with E-state index >= 15 is 0 Å². The zero-order chi connectivity index (χ0) is 18.8. The number of nitrogens with one attached hydrogen (secondary N) is 1. The molecule has 2 aromatic rings. The summed E-state index contributed by atoms with van der Waals surface area (Å²) in [5.41, 5.74) is 2.61. The van der Waals surface area contributed by atoms with Crippen molar-refractivity contribution in [3.05, 3.63) is 59.7 Å². The Morgan fingerprint density at radius 2 is 2.00 bits per heavy atom. The van der Waals surface area contributed by atoms with E-state index in [0.717, 1.165) is 16.8 Å². The molecule has 0 aromatic heterocycles. The number of hydrogen-bond acceptors (Lipinski definition) is 4. The molecule has 6 heteroatoms. The Kier molecular flexibility index (Phi) is 4.54. The van der Waals surface area contributed by atoms with Gasteiger partial charge in [0.2, 0.25) is 12.7 Å². The lowest BCUT2D eigenvalue weighted by molar-refractivity contribution is -0.124. The van der Waals surface area contributed by atoms with Crippen LogP contribution in [0.3, 0.4) is 0 Å². The Hall–Kier alpha value is -3.28. The van der Waals surface area contributed by atoms with Crippen molar-refractivity contribution in [2.45, 2.75) is 19.4 Å². The van der Waals surface area contributed by atoms with Crippen LogP contribution in [0.2, 0.25) is 0 Å². The highest BCUT2D eigenvalue weighted by Crippen LogP contribution is 2.34. The maximum Gasteiger partial charge on any atom is 0.251 e. The van der Waals surface area contributed by atoms with Crippen LogP contribution in [-0.4, -0.2) is 31.2 Å². The van der Waals surface area contributed by atoms with E-state index in [1.165, 1.54) is 6.08 Å². The SMILES string of the molecule is CCNC(=O)[C@@H]1Cc2ccccc2N1C(=O)/C=C\c1ccc2c(c1)OCO2. The lowest BCUT2D eigenvalue weighted by Gasteiger charge is -2.23. The molecule has 1 atom stereocenters. The van der Waals surface area contributed by atoms with Gasteiger partial charge in [-0.2, -0.15) is 0 Å². The molecule has 0 saturated carbocycles. The van der Waals surface area contributed by atoms with Crippen molar-refractivity contribution in [1.82, 2.24) is 5.32 Å². The largest absolute Gasteiger partial charge is 0.454 e. The van der Waals surface area contributed by atoms with Crippen LogP contribution in [0.4, 0.5) is 5.69 Å². The molecule has 2 aliphatic rings. The molecule has 1 N–H and O–H groups in total. The van der Waals surface area contributed by atoms with E-state index < -0.39 is 6.04 Å². The van der Waals surface area contributed by atoms with E-state index in [0.29, 0.717) is 24.5 Å². The lowest BCUT2D eigenvalue weighted by Crippen LogP contribution is -2.47. The van der Waals surface area contributed by atoms with Crippen LogP contribution >= 0.6 is 0 Å². The van der Waals surface area contributed by atoms with Crippen LogP contribution in [0.5, 0.6) is 11.5 Å². The number of fused-ring (bicyclic) bond motifs is 2. The predicted octanol–water partition coefficient (Wildman–Crippen LogP) is 2.52. The Balaban J connectivity index is 1.59. The van der Waals surface area contributed by atoms with E-state index in [9.17, 15) is 9.59 Å². The first kappa shape index (κ1) is 17.1. The molecule has 2 aromatic carbocycles. The fourth-order valence-electron chi connectivity index (χ4n) is 3.42. The van der Waals surface area contributed by atoms with Crippen LogP contribution < -0.4 is 19.7 Å². The van der Waals surface area contributed by atoms with Crippen molar-refractivity contribution in [1.29, 1.82) is 0 Å². The number of anilines is 1. The van der Waals surface area contributed by atoms with Crippen molar-refractivity contribution in [3.8, 4) is 11.5 Å². The molecule has 2 aliphatic heterocycles. The summed E-state index contributed by atoms with van der Waals surface area (Å²) in [4.78, 5) is 27.0. The minimum absolute atomic E-state index is 0.140. The van der Waals surface area contributed by atoms with Gasteiger partial charge in [-0.3, -0.25) is 14.5 Å². The number of hydrogen-bond donors (Lipinski definition) is 1. The number of ether oxygens (including phenoxy) is 2. The van der Waals surface area contributed by atoms with E-state index in [2.05, 4.69) is 5.32 Å². The van der Waals surface area contributed by atoms with E-state index in [-0.39, 0.29) is 18.6 Å². The average Bonchev–Trinajstić information content (AvgIpc) is 3.30. The highest BCUT2D eigenvalue weighted by atomic mass is 16.7. The predicted molar refractivity (Wildman–Crippen MR) is 102 cm³/mol. The van der Waals surface area contributed by atoms with Gasteiger partial charge in [-0.05, 0) is 42.3 Å². The Morgan fingerprint density at radius 1 is 1.19 bits per heavy atom. The third-order valence-corrected chi connectivity index (χ3v) is 4.68. The molecule has 2 amide bonds. The monoisotopic (exact) mass is 364 g/mol. The molecule has 0 fully saturated rings. The lowest BCUT2D eigenvalue weighted by atomic mass is 10.1. The van der Waals surface area contributed by atoms with Gasteiger partial charge in [0, 0.05) is 24.7 Å². The number of likely N-dealkylation sites (N-methyl/N-ethyl adjacent to an activating group) is 1. The molecule has 2 heterocycles. The fraction of sp³-hybridized carbons (Fsp3) is 0.238. The molecule has 0 aliphatic carbocycles. The highest BCUT2D eigenvalue weighted by Gasteiger charge is 2.37. The fourth-order valence-corrected chi connectivity index (χ4v) is 3.42. The van der Waals surface area contributed by atoms with Crippen molar-refractivity contribution in [2.24, 2.45) is 0 Å². The average molecular weight is 364 g/mol. The van der Waals surface area contributed by atoms with Gasteiger partial charge < -0.3 is 14.8 Å². The van der Waals surface area contributed by atoms with Crippen LogP contribution in [0.1, 0.15) is 18.1 Å². The summed E-state index contributed by atoms with van der Waals surface area (Å²) in [6.45, 7) is 2.60. The van der Waals surface area contributed by atoms with Gasteiger partial charge in [0.15, 0.2) is 11.5 Å². The normalized spacial score (nSPS) is 17.2. The molecule has 27 heavy (non-hydrogen) atoms. The summed E-state index contributed by atoms with van der Waals surface area (Å²) in [5, 5.41) is 2.82. The zero-order valence-electron chi connectivity index (χ0n) is 15.0. The Bertz CT molecular complexity index is 922. The highest BCUT2D eigenvalue weighted by molar-refractivity contribution is 6.09. The minimum Gasteiger partial charge on any atom is -0.454 e. The number of carbonyl (C=O) groups excluding carboxylic acids is 2. The van der Waals surface area contributed by atoms with Crippen LogP contribution in [0.15, 0.2) is 48.5 Å². The minimum atomic E-state index is -0.531. The number of para-hydroxylation sites is 1. The van der Waals surface area contributed by atoms with Gasteiger partial charge >= 0.3 is 0 Å². The number of amides is 2. The van der Waals surface area contributed by atoms with Crippen molar-refractivity contribution in [3.63, 3.8) is 0 Å². The van der Waals surface area contributed by atoms with Gasteiger partial charge in [0.05, 0.1) is 0 Å². The summed E-state index contributed by atoms with van der Waals surface area (Å²) in [6.07, 6.45) is 3.73. The summed E-state index contributed by atoms with van der Waals surface area (Å²) < 4.78 is 10.7. The second kappa shape index (κ2) is 7.15. The second-order valence-corrected chi connectivity index (χ2v) is 6.40. The maximum atomic E-state index is 12.9. The first-order chi connectivity index (χ1) is 13.2. The molecular weight excluding hydrogens is 344 g/mol. The summed E-state index contributed by atoms with van der Waals surface area (Å²) >= 11 is 0. The molecular formula is C21H20N2O4. The van der Waals surface area contributed by atoms with Gasteiger partial charge in [0.25, 0.3) is 5.91 Å². The summed E-state index contributed by atoms with van der Waals surface area (Å²) in [6, 6.07) is 12.6. The molecule has 138 valence electrons. The van der Waals surface area contributed by atoms with Crippen molar-refractivity contribution < 1.29 is 19.1 Å². The van der Waals surface area contributed by atoms with Gasteiger partial charge in [-0.15, -0.1) is 0 Å². The molecule has 0 unspecified atom stereocenters. The number of carbonyl (C=O) groups is 2. The summed E-state index contributed by atoms with van der Waals surface area (Å²) in [5.74, 6) is 0.993. The molecule has 0 saturated heterocycles. The van der Waals surface area contributed by atoms with Gasteiger partial charge in [-0.1, -0.05) is 24.3 Å². The van der Waals surface area contributed by atoms with Gasteiger partial charge in [-0.25, -0.2) is 0 Å². The first-order valence-corrected chi connectivity index (χ1v) is 8.94. The second-order valence-electron chi connectivity index (χ2n) is 6.40. The molecule has 4 rings (SSSR count). The van der Waals surface area contributed by atoms with E-state index in [1.54, 1.807) is 11.0 Å². The number of nitrogens with zero attached hydrogens (tertiary/aromatic N) is 1. The number of benzene rings is 2. The topological polar surface area (TPSA) is 67.9 Å². The van der Waals surface area contributed by atoms with Crippen molar-refractivity contribution in [2.75, 3.05) is 18.2 Å². The van der Waals surface area contributed by atoms with Crippen LogP contribution in [0, 0.1) is 0 Å². The maximum absolute atomic E-state index is 12.9. The Labute approximate surface area is 157 Å². The quantitative estimate of drug-likeness (QED) is 0.847. The van der Waals surface area contributed by atoms with E-state index in [1.807, 2.05) is 49.4 Å².